The second-order valence-electron chi connectivity index (χ2n) is 4.73. The van der Waals surface area contributed by atoms with Crippen LogP contribution in [0.15, 0.2) is 18.3 Å². The zero-order valence-electron chi connectivity index (χ0n) is 11.4. The fraction of sp³-hybridized carbons (Fsp3) is 0.571. The normalized spacial score (nSPS) is 16.5. The second kappa shape index (κ2) is 6.63. The van der Waals surface area contributed by atoms with Gasteiger partial charge in [0.2, 0.25) is 0 Å². The molecule has 0 N–H and O–H groups in total. The van der Waals surface area contributed by atoms with Gasteiger partial charge in [-0.15, -0.1) is 0 Å². The van der Waals surface area contributed by atoms with Crippen LogP contribution < -0.4 is 4.90 Å². The molecule has 0 aromatic carbocycles. The van der Waals surface area contributed by atoms with Crippen molar-refractivity contribution in [3.8, 4) is 0 Å². The molecule has 0 spiro atoms. The molecule has 0 radical (unpaired) electrons. The molecule has 0 bridgehead atoms. The molecule has 0 amide bonds. The van der Waals surface area contributed by atoms with Gasteiger partial charge in [0.25, 0.3) is 6.43 Å². The Hall–Kier alpha value is -1.72. The molecule has 6 heteroatoms. The molecule has 1 aliphatic heterocycles. The lowest BCUT2D eigenvalue weighted by Crippen LogP contribution is -2.37. The molecule has 1 aromatic rings. The number of rotatable bonds is 4. The van der Waals surface area contributed by atoms with E-state index >= 15 is 0 Å². The van der Waals surface area contributed by atoms with Crippen LogP contribution >= 0.6 is 0 Å². The van der Waals surface area contributed by atoms with Gasteiger partial charge in [0.1, 0.15) is 5.82 Å². The zero-order valence-corrected chi connectivity index (χ0v) is 11.4. The number of carbonyl (C=O) groups excluding carboxylic acids is 1. The van der Waals surface area contributed by atoms with Crippen molar-refractivity contribution < 1.29 is 18.3 Å². The molecule has 0 unspecified atom stereocenters. The van der Waals surface area contributed by atoms with Crippen LogP contribution in [0, 0.1) is 5.92 Å². The Labute approximate surface area is 116 Å². The van der Waals surface area contributed by atoms with E-state index in [2.05, 4.69) is 4.98 Å². The summed E-state index contributed by atoms with van der Waals surface area (Å²) in [7, 11) is 0. The first-order chi connectivity index (χ1) is 9.63. The molecule has 0 saturated carbocycles. The molecule has 20 heavy (non-hydrogen) atoms. The molecule has 4 nitrogen and oxygen atoms in total. The third kappa shape index (κ3) is 3.23. The molecule has 1 saturated heterocycles. The number of piperidine rings is 1. The number of carbonyl (C=O) groups is 1. The molecule has 2 rings (SSSR count). The quantitative estimate of drug-likeness (QED) is 0.797. The van der Waals surface area contributed by atoms with Gasteiger partial charge in [-0.2, -0.15) is 0 Å². The third-order valence-corrected chi connectivity index (χ3v) is 3.47. The van der Waals surface area contributed by atoms with Crippen molar-refractivity contribution in [2.24, 2.45) is 5.92 Å². The van der Waals surface area contributed by atoms with Gasteiger partial charge >= 0.3 is 5.97 Å². The van der Waals surface area contributed by atoms with Crippen molar-refractivity contribution in [2.75, 3.05) is 24.6 Å². The van der Waals surface area contributed by atoms with Gasteiger partial charge in [-0.05, 0) is 31.9 Å². The standard InChI is InChI=1S/C14H18F2N2O2/c1-2-20-14(19)10-5-8-18(9-6-10)13-11(12(15)16)4-3-7-17-13/h3-4,7,10,12H,2,5-6,8-9H2,1H3. The molecular weight excluding hydrogens is 266 g/mol. The van der Waals surface area contributed by atoms with Gasteiger partial charge in [-0.1, -0.05) is 0 Å². The van der Waals surface area contributed by atoms with Crippen molar-refractivity contribution >= 4 is 11.8 Å². The van der Waals surface area contributed by atoms with Crippen molar-refractivity contribution in [3.05, 3.63) is 23.9 Å². The maximum absolute atomic E-state index is 12.9. The summed E-state index contributed by atoms with van der Waals surface area (Å²) in [5.74, 6) is -0.00280. The van der Waals surface area contributed by atoms with Crippen LogP contribution in [0.1, 0.15) is 31.8 Å². The molecule has 0 atom stereocenters. The summed E-state index contributed by atoms with van der Waals surface area (Å²) in [6.45, 7) is 3.23. The number of hydrogen-bond acceptors (Lipinski definition) is 4. The molecule has 1 aromatic heterocycles. The average molecular weight is 284 g/mol. The van der Waals surface area contributed by atoms with E-state index in [-0.39, 0.29) is 17.5 Å². The van der Waals surface area contributed by atoms with Gasteiger partial charge in [0, 0.05) is 19.3 Å². The lowest BCUT2D eigenvalue weighted by molar-refractivity contribution is -0.148. The lowest BCUT2D eigenvalue weighted by Gasteiger charge is -2.32. The fourth-order valence-electron chi connectivity index (χ4n) is 2.43. The number of aromatic nitrogens is 1. The van der Waals surface area contributed by atoms with Crippen LogP contribution in [0.2, 0.25) is 0 Å². The second-order valence-corrected chi connectivity index (χ2v) is 4.73. The largest absolute Gasteiger partial charge is 0.466 e. The monoisotopic (exact) mass is 284 g/mol. The summed E-state index contributed by atoms with van der Waals surface area (Å²) < 4.78 is 30.9. The van der Waals surface area contributed by atoms with Crippen LogP contribution in [0.25, 0.3) is 0 Å². The SMILES string of the molecule is CCOC(=O)C1CCN(c2ncccc2C(F)F)CC1. The maximum Gasteiger partial charge on any atom is 0.309 e. The number of halogens is 2. The Balaban J connectivity index is 2.02. The molecular formula is C14H18F2N2O2. The molecule has 1 fully saturated rings. The molecule has 2 heterocycles. The Morgan fingerprint density at radius 3 is 2.80 bits per heavy atom. The zero-order chi connectivity index (χ0) is 14.5. The number of nitrogens with zero attached hydrogens (tertiary/aromatic N) is 2. The summed E-state index contributed by atoms with van der Waals surface area (Å²) in [6, 6.07) is 2.90. The summed E-state index contributed by atoms with van der Waals surface area (Å²) in [5.41, 5.74) is -0.0536. The van der Waals surface area contributed by atoms with E-state index in [4.69, 9.17) is 4.74 Å². The Morgan fingerprint density at radius 2 is 2.20 bits per heavy atom. The Bertz CT molecular complexity index is 460. The van der Waals surface area contributed by atoms with E-state index in [0.29, 0.717) is 38.4 Å². The van der Waals surface area contributed by atoms with Gasteiger partial charge in [0.05, 0.1) is 18.1 Å². The van der Waals surface area contributed by atoms with Gasteiger partial charge < -0.3 is 9.64 Å². The third-order valence-electron chi connectivity index (χ3n) is 3.47. The van der Waals surface area contributed by atoms with Crippen molar-refractivity contribution in [3.63, 3.8) is 0 Å². The number of ether oxygens (including phenoxy) is 1. The van der Waals surface area contributed by atoms with E-state index in [0.717, 1.165) is 0 Å². The summed E-state index contributed by atoms with van der Waals surface area (Å²) in [5, 5.41) is 0. The van der Waals surface area contributed by atoms with E-state index in [1.54, 1.807) is 6.92 Å². The molecule has 1 aliphatic rings. The van der Waals surface area contributed by atoms with Crippen LogP contribution in [0.4, 0.5) is 14.6 Å². The highest BCUT2D eigenvalue weighted by atomic mass is 19.3. The highest BCUT2D eigenvalue weighted by Gasteiger charge is 2.28. The first-order valence-electron chi connectivity index (χ1n) is 6.78. The van der Waals surface area contributed by atoms with Gasteiger partial charge in [0.15, 0.2) is 0 Å². The lowest BCUT2D eigenvalue weighted by atomic mass is 9.97. The topological polar surface area (TPSA) is 42.4 Å². The summed E-state index contributed by atoms with van der Waals surface area (Å²) >= 11 is 0. The first kappa shape index (κ1) is 14.7. The van der Waals surface area contributed by atoms with Crippen molar-refractivity contribution in [1.82, 2.24) is 4.98 Å². The minimum absolute atomic E-state index is 0.0536. The number of alkyl halides is 2. The maximum atomic E-state index is 12.9. The fourth-order valence-corrected chi connectivity index (χ4v) is 2.43. The Morgan fingerprint density at radius 1 is 1.50 bits per heavy atom. The first-order valence-corrected chi connectivity index (χ1v) is 6.78. The Kier molecular flexibility index (Phi) is 4.87. The van der Waals surface area contributed by atoms with Crippen LogP contribution in [-0.2, 0) is 9.53 Å². The smallest absolute Gasteiger partial charge is 0.309 e. The number of pyridine rings is 1. The van der Waals surface area contributed by atoms with Crippen molar-refractivity contribution in [1.29, 1.82) is 0 Å². The minimum atomic E-state index is -2.54. The summed E-state index contributed by atoms with van der Waals surface area (Å²) in [4.78, 5) is 17.5. The molecule has 110 valence electrons. The van der Waals surface area contributed by atoms with E-state index in [1.165, 1.54) is 18.3 Å². The highest BCUT2D eigenvalue weighted by molar-refractivity contribution is 5.72. The summed E-state index contributed by atoms with van der Waals surface area (Å²) in [6.07, 6.45) is 0.191. The van der Waals surface area contributed by atoms with Gasteiger partial charge in [-0.25, -0.2) is 13.8 Å². The average Bonchev–Trinajstić information content (AvgIpc) is 2.47. The predicted octanol–water partition coefficient (Wildman–Crippen LogP) is 2.80. The molecule has 0 aliphatic carbocycles. The van der Waals surface area contributed by atoms with E-state index in [1.807, 2.05) is 4.90 Å². The van der Waals surface area contributed by atoms with E-state index < -0.39 is 6.43 Å². The number of anilines is 1. The predicted molar refractivity (Wildman–Crippen MR) is 70.8 cm³/mol. The van der Waals surface area contributed by atoms with Gasteiger partial charge in [-0.3, -0.25) is 4.79 Å². The van der Waals surface area contributed by atoms with Crippen LogP contribution in [0.3, 0.4) is 0 Å². The highest BCUT2D eigenvalue weighted by Crippen LogP contribution is 2.30. The van der Waals surface area contributed by atoms with Crippen LogP contribution in [-0.4, -0.2) is 30.6 Å². The van der Waals surface area contributed by atoms with E-state index in [9.17, 15) is 13.6 Å². The minimum Gasteiger partial charge on any atom is -0.466 e. The number of hydrogen-bond donors (Lipinski definition) is 0. The number of esters is 1. The van der Waals surface area contributed by atoms with Crippen LogP contribution in [0.5, 0.6) is 0 Å². The van der Waals surface area contributed by atoms with Crippen molar-refractivity contribution in [2.45, 2.75) is 26.2 Å².